The first-order valence-electron chi connectivity index (χ1n) is 12.6. The maximum absolute atomic E-state index is 14.2. The van der Waals surface area contributed by atoms with E-state index in [9.17, 15) is 19.5 Å². The van der Waals surface area contributed by atoms with Gasteiger partial charge >= 0.3 is 5.97 Å². The Morgan fingerprint density at radius 3 is 2.50 bits per heavy atom. The highest BCUT2D eigenvalue weighted by molar-refractivity contribution is 5.99. The molecule has 8 atom stereocenters. The van der Waals surface area contributed by atoms with E-state index in [4.69, 9.17) is 9.47 Å². The largest absolute Gasteiger partial charge is 0.461 e. The fourth-order valence-electron chi connectivity index (χ4n) is 6.45. The van der Waals surface area contributed by atoms with Crippen LogP contribution < -0.4 is 0 Å². The third-order valence-corrected chi connectivity index (χ3v) is 8.37. The molecule has 8 heteroatoms. The first-order valence-corrected chi connectivity index (χ1v) is 12.6. The van der Waals surface area contributed by atoms with E-state index in [2.05, 4.69) is 6.92 Å². The van der Waals surface area contributed by atoms with E-state index in [0.29, 0.717) is 6.54 Å². The van der Waals surface area contributed by atoms with Crippen LogP contribution >= 0.6 is 0 Å². The monoisotopic (exact) mass is 474 g/mol. The summed E-state index contributed by atoms with van der Waals surface area (Å²) >= 11 is 0. The van der Waals surface area contributed by atoms with Crippen LogP contribution in [0.3, 0.4) is 0 Å². The summed E-state index contributed by atoms with van der Waals surface area (Å²) in [6.07, 6.45) is 9.75. The van der Waals surface area contributed by atoms with Gasteiger partial charge in [0, 0.05) is 12.6 Å². The number of rotatable bonds is 7. The highest BCUT2D eigenvalue weighted by atomic mass is 16.6. The van der Waals surface area contributed by atoms with Crippen molar-refractivity contribution >= 4 is 17.8 Å². The number of carbonyl (C=O) groups excluding carboxylic acids is 3. The predicted molar refractivity (Wildman–Crippen MR) is 125 cm³/mol. The maximum atomic E-state index is 14.2. The lowest BCUT2D eigenvalue weighted by Gasteiger charge is -2.42. The van der Waals surface area contributed by atoms with E-state index in [0.717, 1.165) is 19.3 Å². The van der Waals surface area contributed by atoms with Crippen molar-refractivity contribution in [1.29, 1.82) is 0 Å². The topological polar surface area (TPSA) is 96.4 Å². The lowest BCUT2D eigenvalue weighted by molar-refractivity contribution is -0.161. The molecule has 4 rings (SSSR count). The van der Waals surface area contributed by atoms with Crippen LogP contribution in [0, 0.1) is 17.8 Å². The third kappa shape index (κ3) is 3.52. The lowest BCUT2D eigenvalue weighted by atomic mass is 9.74. The van der Waals surface area contributed by atoms with Crippen LogP contribution in [0.15, 0.2) is 24.3 Å². The van der Waals surface area contributed by atoms with Gasteiger partial charge in [0.25, 0.3) is 0 Å². The van der Waals surface area contributed by atoms with Gasteiger partial charge in [-0.05, 0) is 32.3 Å². The Kier molecular flexibility index (Phi) is 6.68. The van der Waals surface area contributed by atoms with Crippen LogP contribution in [0.2, 0.25) is 0 Å². The van der Waals surface area contributed by atoms with Gasteiger partial charge in [0.15, 0.2) is 0 Å². The highest BCUT2D eigenvalue weighted by Gasteiger charge is 2.75. The molecule has 0 radical (unpaired) electrons. The zero-order valence-corrected chi connectivity index (χ0v) is 20.9. The summed E-state index contributed by atoms with van der Waals surface area (Å²) in [7, 11) is 0. The molecule has 0 aromatic carbocycles. The molecule has 8 nitrogen and oxygen atoms in total. The van der Waals surface area contributed by atoms with Gasteiger partial charge in [-0.25, -0.2) is 0 Å². The van der Waals surface area contributed by atoms with Crippen molar-refractivity contribution in [1.82, 2.24) is 9.80 Å². The van der Waals surface area contributed by atoms with Crippen LogP contribution in [-0.4, -0.2) is 81.8 Å². The summed E-state index contributed by atoms with van der Waals surface area (Å²) in [5.41, 5.74) is -2.38. The second-order valence-electron chi connectivity index (χ2n) is 10.4. The number of hydrogen-bond donors (Lipinski definition) is 1. The molecule has 1 spiro atoms. The average molecular weight is 475 g/mol. The predicted octanol–water partition coefficient (Wildman–Crippen LogP) is 2.06. The van der Waals surface area contributed by atoms with E-state index < -0.39 is 41.1 Å². The van der Waals surface area contributed by atoms with Crippen molar-refractivity contribution in [3.63, 3.8) is 0 Å². The van der Waals surface area contributed by atoms with Crippen molar-refractivity contribution in [2.45, 2.75) is 83.2 Å². The number of carbonyl (C=O) groups is 3. The Balaban J connectivity index is 1.89. The van der Waals surface area contributed by atoms with Gasteiger partial charge < -0.3 is 24.4 Å². The first-order chi connectivity index (χ1) is 16.2. The van der Waals surface area contributed by atoms with Crippen LogP contribution in [0.5, 0.6) is 0 Å². The number of esters is 1. The molecular formula is C26H38N2O6. The minimum Gasteiger partial charge on any atom is -0.461 e. The maximum Gasteiger partial charge on any atom is 0.313 e. The molecule has 34 heavy (non-hydrogen) atoms. The quantitative estimate of drug-likeness (QED) is 0.448. The Morgan fingerprint density at radius 2 is 1.85 bits per heavy atom. The van der Waals surface area contributed by atoms with Crippen LogP contribution in [0.25, 0.3) is 0 Å². The second kappa shape index (κ2) is 9.11. The minimum atomic E-state index is -1.31. The van der Waals surface area contributed by atoms with Gasteiger partial charge in [-0.3, -0.25) is 14.4 Å². The number of aliphatic hydroxyl groups is 1. The summed E-state index contributed by atoms with van der Waals surface area (Å²) in [6.45, 7) is 10.1. The first kappa shape index (κ1) is 24.9. The van der Waals surface area contributed by atoms with Crippen LogP contribution in [0.4, 0.5) is 0 Å². The molecular weight excluding hydrogens is 436 g/mol. The van der Waals surface area contributed by atoms with E-state index in [1.165, 1.54) is 0 Å². The third-order valence-electron chi connectivity index (χ3n) is 8.37. The molecule has 0 bridgehead atoms. The lowest BCUT2D eigenvalue weighted by Crippen LogP contribution is -2.60. The molecule has 0 saturated carbocycles. The highest BCUT2D eigenvalue weighted by Crippen LogP contribution is 2.58. The van der Waals surface area contributed by atoms with Gasteiger partial charge in [-0.2, -0.15) is 0 Å². The second-order valence-corrected chi connectivity index (χ2v) is 10.4. The summed E-state index contributed by atoms with van der Waals surface area (Å²) in [6, 6.07) is -1.54. The zero-order valence-electron chi connectivity index (χ0n) is 20.9. The zero-order chi connectivity index (χ0) is 24.8. The summed E-state index contributed by atoms with van der Waals surface area (Å²) < 4.78 is 12.1. The van der Waals surface area contributed by atoms with E-state index in [-0.39, 0.29) is 37.0 Å². The molecule has 4 aliphatic heterocycles. The van der Waals surface area contributed by atoms with E-state index in [1.807, 2.05) is 32.9 Å². The average Bonchev–Trinajstić information content (AvgIpc) is 3.05. The smallest absolute Gasteiger partial charge is 0.313 e. The molecule has 1 N–H and O–H groups in total. The Hall–Kier alpha value is -2.19. The van der Waals surface area contributed by atoms with E-state index >= 15 is 0 Å². The summed E-state index contributed by atoms with van der Waals surface area (Å²) in [5.74, 6) is -2.83. The van der Waals surface area contributed by atoms with Gasteiger partial charge in [0.05, 0.1) is 24.2 Å². The molecule has 2 fully saturated rings. The Bertz CT molecular complexity index is 902. The normalized spacial score (nSPS) is 37.5. The number of fused-ring (bicyclic) bond motifs is 2. The van der Waals surface area contributed by atoms with Crippen molar-refractivity contribution in [3.05, 3.63) is 24.3 Å². The fraction of sp³-hybridized carbons (Fsp3) is 0.731. The molecule has 2 unspecified atom stereocenters. The number of likely N-dealkylation sites (tertiary alicyclic amines) is 1. The fourth-order valence-corrected chi connectivity index (χ4v) is 6.45. The number of hydrogen-bond acceptors (Lipinski definition) is 6. The standard InChI is InChI=1S/C26H38N2O6/c1-6-10-17(4)27-13-8-12-26-19(20-24(32)33-14-9-11-25(20,5)34-26)22(30)28(21(26)23(27)31)18(15-29)16(3)7-2/h8-9,11-12,16-21,29H,6-7,10,13-15H2,1-5H3/t16-,17?,18-,19-,20-,21?,25+,26-/m0/s1. The van der Waals surface area contributed by atoms with Crippen molar-refractivity contribution in [3.8, 4) is 0 Å². The number of amides is 2. The molecule has 2 saturated heterocycles. The molecule has 4 heterocycles. The molecule has 0 aromatic heterocycles. The van der Waals surface area contributed by atoms with Crippen LogP contribution in [0.1, 0.15) is 53.9 Å². The number of aliphatic hydroxyl groups excluding tert-OH is 1. The molecule has 2 amide bonds. The van der Waals surface area contributed by atoms with Crippen molar-refractivity contribution in [2.75, 3.05) is 19.8 Å². The van der Waals surface area contributed by atoms with Gasteiger partial charge in [0.1, 0.15) is 24.2 Å². The molecule has 0 aromatic rings. The molecule has 4 aliphatic rings. The SMILES string of the molecule is CCCC(C)N1CC=C[C@]23O[C@]4(C)C=CCOC(=O)[C@@H]4[C@H]2C(=O)N([C@@H](CO)[C@@H](C)CC)C3C1=O. The van der Waals surface area contributed by atoms with Crippen LogP contribution in [-0.2, 0) is 23.9 Å². The van der Waals surface area contributed by atoms with E-state index in [1.54, 1.807) is 28.9 Å². The Labute approximate surface area is 201 Å². The summed E-state index contributed by atoms with van der Waals surface area (Å²) in [4.78, 5) is 44.9. The van der Waals surface area contributed by atoms with Crippen molar-refractivity contribution < 1.29 is 29.0 Å². The number of nitrogens with zero attached hydrogens (tertiary/aromatic N) is 2. The summed E-state index contributed by atoms with van der Waals surface area (Å²) in [5, 5.41) is 10.4. The molecule has 0 aliphatic carbocycles. The van der Waals surface area contributed by atoms with Crippen molar-refractivity contribution in [2.24, 2.45) is 17.8 Å². The number of ether oxygens (including phenoxy) is 2. The van der Waals surface area contributed by atoms with Gasteiger partial charge in [0.2, 0.25) is 11.8 Å². The van der Waals surface area contributed by atoms with Gasteiger partial charge in [-0.15, -0.1) is 0 Å². The molecule has 188 valence electrons. The van der Waals surface area contributed by atoms with Gasteiger partial charge in [-0.1, -0.05) is 51.8 Å². The Morgan fingerprint density at radius 1 is 1.12 bits per heavy atom. The minimum absolute atomic E-state index is 0.0168. The number of cyclic esters (lactones) is 1.